The number of rotatable bonds is 6. The molecule has 0 saturated carbocycles. The zero-order valence-electron chi connectivity index (χ0n) is 11.0. The molecule has 0 saturated heterocycles. The van der Waals surface area contributed by atoms with E-state index in [1.54, 1.807) is 18.1 Å². The lowest BCUT2D eigenvalue weighted by Crippen LogP contribution is -2.37. The van der Waals surface area contributed by atoms with Crippen molar-refractivity contribution >= 4 is 5.69 Å². The van der Waals surface area contributed by atoms with Gasteiger partial charge in [0.25, 0.3) is 0 Å². The van der Waals surface area contributed by atoms with Crippen LogP contribution in [0, 0.1) is 11.6 Å². The monoisotopic (exact) mass is 258 g/mol. The summed E-state index contributed by atoms with van der Waals surface area (Å²) in [6.45, 7) is 4.81. The molecule has 5 heteroatoms. The van der Waals surface area contributed by atoms with Crippen molar-refractivity contribution in [3.8, 4) is 0 Å². The molecule has 0 bridgehead atoms. The standard InChI is InChI=1S/C13H20F2N2O/c1-4-17(9(2)8-18-3)11-6-5-10(7-16)12(14)13(11)15/h5-6,9H,4,7-8,16H2,1-3H3. The molecule has 1 unspecified atom stereocenters. The lowest BCUT2D eigenvalue weighted by atomic mass is 10.1. The van der Waals surface area contributed by atoms with E-state index in [1.807, 2.05) is 13.8 Å². The summed E-state index contributed by atoms with van der Waals surface area (Å²) in [5, 5.41) is 0. The summed E-state index contributed by atoms with van der Waals surface area (Å²) >= 11 is 0. The summed E-state index contributed by atoms with van der Waals surface area (Å²) in [5.74, 6) is -1.71. The number of benzene rings is 1. The Labute approximate surface area is 107 Å². The molecule has 2 N–H and O–H groups in total. The summed E-state index contributed by atoms with van der Waals surface area (Å²) in [7, 11) is 1.58. The first-order valence-electron chi connectivity index (χ1n) is 5.99. The average Bonchev–Trinajstić information content (AvgIpc) is 2.36. The molecule has 1 aromatic rings. The van der Waals surface area contributed by atoms with Crippen molar-refractivity contribution in [2.45, 2.75) is 26.4 Å². The maximum atomic E-state index is 14.0. The minimum absolute atomic E-state index is 0.0111. The highest BCUT2D eigenvalue weighted by atomic mass is 19.2. The van der Waals surface area contributed by atoms with E-state index in [0.29, 0.717) is 13.2 Å². The zero-order chi connectivity index (χ0) is 13.7. The van der Waals surface area contributed by atoms with E-state index in [9.17, 15) is 8.78 Å². The van der Waals surface area contributed by atoms with Gasteiger partial charge in [-0.3, -0.25) is 0 Å². The Hall–Kier alpha value is -1.20. The number of nitrogens with zero attached hydrogens (tertiary/aromatic N) is 1. The fraction of sp³-hybridized carbons (Fsp3) is 0.538. The number of hydrogen-bond acceptors (Lipinski definition) is 3. The first-order valence-corrected chi connectivity index (χ1v) is 5.99. The van der Waals surface area contributed by atoms with Gasteiger partial charge in [-0.05, 0) is 19.9 Å². The molecule has 0 aromatic heterocycles. The molecule has 0 aliphatic carbocycles. The third-order valence-corrected chi connectivity index (χ3v) is 2.95. The van der Waals surface area contributed by atoms with Crippen LogP contribution in [-0.4, -0.2) is 26.3 Å². The van der Waals surface area contributed by atoms with Crippen LogP contribution in [0.25, 0.3) is 0 Å². The number of nitrogens with two attached hydrogens (primary N) is 1. The summed E-state index contributed by atoms with van der Waals surface area (Å²) in [4.78, 5) is 1.77. The molecule has 0 aliphatic heterocycles. The van der Waals surface area contributed by atoms with Gasteiger partial charge < -0.3 is 15.4 Å². The third kappa shape index (κ3) is 2.97. The molecule has 18 heavy (non-hydrogen) atoms. The van der Waals surface area contributed by atoms with Gasteiger partial charge >= 0.3 is 0 Å². The Balaban J connectivity index is 3.10. The number of hydrogen-bond donors (Lipinski definition) is 1. The van der Waals surface area contributed by atoms with Gasteiger partial charge in [0, 0.05) is 31.8 Å². The van der Waals surface area contributed by atoms with E-state index in [-0.39, 0.29) is 23.8 Å². The van der Waals surface area contributed by atoms with Crippen LogP contribution in [-0.2, 0) is 11.3 Å². The fourth-order valence-corrected chi connectivity index (χ4v) is 2.01. The molecule has 102 valence electrons. The van der Waals surface area contributed by atoms with Gasteiger partial charge in [0.15, 0.2) is 11.6 Å². The van der Waals surface area contributed by atoms with Gasteiger partial charge in [-0.15, -0.1) is 0 Å². The lowest BCUT2D eigenvalue weighted by Gasteiger charge is -2.30. The quantitative estimate of drug-likeness (QED) is 0.850. The van der Waals surface area contributed by atoms with Crippen LogP contribution in [0.5, 0.6) is 0 Å². The van der Waals surface area contributed by atoms with E-state index in [2.05, 4.69) is 0 Å². The average molecular weight is 258 g/mol. The molecule has 0 amide bonds. The molecule has 1 aromatic carbocycles. The number of anilines is 1. The number of halogens is 2. The minimum atomic E-state index is -0.863. The van der Waals surface area contributed by atoms with E-state index in [1.165, 1.54) is 6.07 Å². The SMILES string of the molecule is CCN(c1ccc(CN)c(F)c1F)C(C)COC. The smallest absolute Gasteiger partial charge is 0.182 e. The van der Waals surface area contributed by atoms with Gasteiger partial charge in [0.2, 0.25) is 0 Å². The van der Waals surface area contributed by atoms with Crippen LogP contribution < -0.4 is 10.6 Å². The summed E-state index contributed by atoms with van der Waals surface area (Å²) in [6.07, 6.45) is 0. The van der Waals surface area contributed by atoms with Crippen molar-refractivity contribution in [3.05, 3.63) is 29.3 Å². The molecule has 0 radical (unpaired) electrons. The van der Waals surface area contributed by atoms with Gasteiger partial charge in [-0.2, -0.15) is 0 Å². The van der Waals surface area contributed by atoms with Gasteiger partial charge in [0.1, 0.15) is 0 Å². The maximum absolute atomic E-state index is 14.0. The Kier molecular flexibility index (Phi) is 5.50. The van der Waals surface area contributed by atoms with Crippen molar-refractivity contribution in [2.75, 3.05) is 25.2 Å². The number of methoxy groups -OCH3 is 1. The van der Waals surface area contributed by atoms with E-state index in [0.717, 1.165) is 0 Å². The van der Waals surface area contributed by atoms with Crippen LogP contribution >= 0.6 is 0 Å². The predicted octanol–water partition coefficient (Wildman–Crippen LogP) is 2.28. The van der Waals surface area contributed by atoms with E-state index in [4.69, 9.17) is 10.5 Å². The highest BCUT2D eigenvalue weighted by molar-refractivity contribution is 5.50. The Morgan fingerprint density at radius 3 is 2.50 bits per heavy atom. The Bertz CT molecular complexity index is 399. The summed E-state index contributed by atoms with van der Waals surface area (Å²) in [5.41, 5.74) is 5.78. The van der Waals surface area contributed by atoms with Crippen molar-refractivity contribution in [3.63, 3.8) is 0 Å². The second-order valence-corrected chi connectivity index (χ2v) is 4.17. The largest absolute Gasteiger partial charge is 0.383 e. The fourth-order valence-electron chi connectivity index (χ4n) is 2.01. The van der Waals surface area contributed by atoms with E-state index < -0.39 is 11.6 Å². The number of ether oxygens (including phenoxy) is 1. The lowest BCUT2D eigenvalue weighted by molar-refractivity contribution is 0.181. The van der Waals surface area contributed by atoms with Crippen LogP contribution in [0.4, 0.5) is 14.5 Å². The van der Waals surface area contributed by atoms with Crippen molar-refractivity contribution in [1.29, 1.82) is 0 Å². The predicted molar refractivity (Wildman–Crippen MR) is 68.6 cm³/mol. The van der Waals surface area contributed by atoms with Crippen LogP contribution in [0.2, 0.25) is 0 Å². The molecule has 1 rings (SSSR count). The molecular formula is C13H20F2N2O. The molecule has 0 fully saturated rings. The van der Waals surface area contributed by atoms with Crippen LogP contribution in [0.1, 0.15) is 19.4 Å². The molecule has 3 nitrogen and oxygen atoms in total. The first-order chi connectivity index (χ1) is 8.56. The molecular weight excluding hydrogens is 238 g/mol. The van der Waals surface area contributed by atoms with Crippen molar-refractivity contribution in [1.82, 2.24) is 0 Å². The topological polar surface area (TPSA) is 38.5 Å². The van der Waals surface area contributed by atoms with Crippen molar-refractivity contribution < 1.29 is 13.5 Å². The van der Waals surface area contributed by atoms with Gasteiger partial charge in [0.05, 0.1) is 12.3 Å². The maximum Gasteiger partial charge on any atom is 0.182 e. The third-order valence-electron chi connectivity index (χ3n) is 2.95. The Morgan fingerprint density at radius 2 is 2.00 bits per heavy atom. The van der Waals surface area contributed by atoms with Gasteiger partial charge in [-0.1, -0.05) is 6.07 Å². The molecule has 0 aliphatic rings. The summed E-state index contributed by atoms with van der Waals surface area (Å²) < 4.78 is 32.7. The molecule has 0 heterocycles. The highest BCUT2D eigenvalue weighted by Crippen LogP contribution is 2.25. The number of likely N-dealkylation sites (N-methyl/N-ethyl adjacent to an activating group) is 1. The normalized spacial score (nSPS) is 12.6. The minimum Gasteiger partial charge on any atom is -0.383 e. The first kappa shape index (κ1) is 14.9. The molecule has 0 spiro atoms. The van der Waals surface area contributed by atoms with E-state index >= 15 is 0 Å². The highest BCUT2D eigenvalue weighted by Gasteiger charge is 2.20. The van der Waals surface area contributed by atoms with Crippen LogP contribution in [0.3, 0.4) is 0 Å². The van der Waals surface area contributed by atoms with Crippen LogP contribution in [0.15, 0.2) is 12.1 Å². The zero-order valence-corrected chi connectivity index (χ0v) is 11.0. The molecule has 1 atom stereocenters. The second kappa shape index (κ2) is 6.66. The van der Waals surface area contributed by atoms with Gasteiger partial charge in [-0.25, -0.2) is 8.78 Å². The van der Waals surface area contributed by atoms with Crippen molar-refractivity contribution in [2.24, 2.45) is 5.73 Å². The summed E-state index contributed by atoms with van der Waals surface area (Å²) in [6, 6.07) is 3.06. The Morgan fingerprint density at radius 1 is 1.33 bits per heavy atom. The second-order valence-electron chi connectivity index (χ2n) is 4.17.